The summed E-state index contributed by atoms with van der Waals surface area (Å²) >= 11 is 0. The van der Waals surface area contributed by atoms with Crippen LogP contribution in [0.3, 0.4) is 0 Å². The lowest BCUT2D eigenvalue weighted by molar-refractivity contribution is 1.18. The molecule has 0 aliphatic carbocycles. The molecule has 0 spiro atoms. The Morgan fingerprint density at radius 1 is 0.250 bits per heavy atom. The van der Waals surface area contributed by atoms with E-state index in [0.717, 1.165) is 28.3 Å². The lowest BCUT2D eigenvalue weighted by Crippen LogP contribution is -2.12. The molecule has 0 unspecified atom stereocenters. The fourth-order valence-corrected chi connectivity index (χ4v) is 9.99. The van der Waals surface area contributed by atoms with Crippen molar-refractivity contribution < 1.29 is 0 Å². The summed E-state index contributed by atoms with van der Waals surface area (Å²) < 4.78 is 2.37. The highest BCUT2D eigenvalue weighted by Gasteiger charge is 2.23. The van der Waals surface area contributed by atoms with Gasteiger partial charge < -0.3 is 9.47 Å². The molecule has 0 amide bonds. The standard InChI is InChI=1S/C66H46N2/c1-5-19-47(20-6-1)52-25-17-26-53(45-52)48-35-40-56(41-36-48)67(65-34-18-32-59(51-23-9-3-10-24-51)66(65)61-31-14-13-29-58(61)50-21-7-2-8-22-50)57-42-37-49(38-43-57)54-39-44-64-62(46-54)60-30-15-16-33-63(60)68(64)55-27-11-4-12-28-55/h1-46H. The van der Waals surface area contributed by atoms with E-state index in [-0.39, 0.29) is 0 Å². The van der Waals surface area contributed by atoms with Crippen molar-refractivity contribution in [2.45, 2.75) is 0 Å². The minimum Gasteiger partial charge on any atom is -0.310 e. The number of anilines is 3. The predicted octanol–water partition coefficient (Wildman–Crippen LogP) is 18.3. The molecule has 0 N–H and O–H groups in total. The Labute approximate surface area is 397 Å². The molecule has 11 aromatic carbocycles. The maximum Gasteiger partial charge on any atom is 0.0546 e. The summed E-state index contributed by atoms with van der Waals surface area (Å²) in [6.45, 7) is 0. The van der Waals surface area contributed by atoms with Crippen LogP contribution in [0.25, 0.3) is 94.3 Å². The maximum atomic E-state index is 2.44. The Bertz CT molecular complexity index is 3690. The lowest BCUT2D eigenvalue weighted by atomic mass is 9.87. The van der Waals surface area contributed by atoms with Gasteiger partial charge in [-0.25, -0.2) is 0 Å². The molecule has 0 fully saturated rings. The van der Waals surface area contributed by atoms with Gasteiger partial charge in [-0.1, -0.05) is 212 Å². The third-order valence-electron chi connectivity index (χ3n) is 13.2. The summed E-state index contributed by atoms with van der Waals surface area (Å²) in [6.07, 6.45) is 0. The van der Waals surface area contributed by atoms with Crippen molar-refractivity contribution in [3.63, 3.8) is 0 Å². The Kier molecular flexibility index (Phi) is 10.6. The van der Waals surface area contributed by atoms with Crippen LogP contribution in [0.1, 0.15) is 0 Å². The van der Waals surface area contributed by atoms with Gasteiger partial charge in [0, 0.05) is 33.4 Å². The molecule has 0 radical (unpaired) electrons. The third-order valence-corrected chi connectivity index (χ3v) is 13.2. The summed E-state index contributed by atoms with van der Waals surface area (Å²) in [5.74, 6) is 0. The van der Waals surface area contributed by atoms with E-state index in [1.54, 1.807) is 0 Å². The Balaban J connectivity index is 1.02. The largest absolute Gasteiger partial charge is 0.310 e. The zero-order valence-corrected chi connectivity index (χ0v) is 37.5. The molecule has 0 aliphatic rings. The van der Waals surface area contributed by atoms with Crippen LogP contribution >= 0.6 is 0 Å². The average Bonchev–Trinajstić information content (AvgIpc) is 3.76. The highest BCUT2D eigenvalue weighted by Crippen LogP contribution is 2.48. The molecule has 0 aliphatic heterocycles. The van der Waals surface area contributed by atoms with Crippen LogP contribution in [-0.2, 0) is 0 Å². The zero-order valence-electron chi connectivity index (χ0n) is 37.5. The molecule has 1 aromatic heterocycles. The van der Waals surface area contributed by atoms with Crippen LogP contribution in [0.4, 0.5) is 17.1 Å². The quantitative estimate of drug-likeness (QED) is 0.133. The summed E-state index contributed by atoms with van der Waals surface area (Å²) in [6, 6.07) is 101. The molecule has 2 nitrogen and oxygen atoms in total. The van der Waals surface area contributed by atoms with E-state index in [1.165, 1.54) is 83.0 Å². The summed E-state index contributed by atoms with van der Waals surface area (Å²) in [4.78, 5) is 2.44. The van der Waals surface area contributed by atoms with E-state index in [9.17, 15) is 0 Å². The Hall–Kier alpha value is -8.98. The van der Waals surface area contributed by atoms with Crippen LogP contribution in [-0.4, -0.2) is 4.57 Å². The first-order chi connectivity index (χ1) is 33.7. The van der Waals surface area contributed by atoms with E-state index < -0.39 is 0 Å². The van der Waals surface area contributed by atoms with Gasteiger partial charge in [-0.05, 0) is 128 Å². The second-order valence-electron chi connectivity index (χ2n) is 17.3. The molecule has 320 valence electrons. The van der Waals surface area contributed by atoms with Gasteiger partial charge in [0.25, 0.3) is 0 Å². The molecular weight excluding hydrogens is 821 g/mol. The van der Waals surface area contributed by atoms with E-state index in [0.29, 0.717) is 0 Å². The summed E-state index contributed by atoms with van der Waals surface area (Å²) in [5, 5.41) is 2.48. The first-order valence-corrected chi connectivity index (χ1v) is 23.3. The molecule has 1 heterocycles. The van der Waals surface area contributed by atoms with Crippen LogP contribution in [0.5, 0.6) is 0 Å². The van der Waals surface area contributed by atoms with Crippen LogP contribution in [0.2, 0.25) is 0 Å². The molecule has 0 saturated carbocycles. The molecule has 0 bridgehead atoms. The van der Waals surface area contributed by atoms with Crippen LogP contribution < -0.4 is 4.90 Å². The molecule has 0 atom stereocenters. The van der Waals surface area contributed by atoms with Crippen molar-refractivity contribution >= 4 is 38.9 Å². The van der Waals surface area contributed by atoms with Crippen molar-refractivity contribution in [1.29, 1.82) is 0 Å². The molecule has 0 saturated heterocycles. The molecule has 2 heteroatoms. The topological polar surface area (TPSA) is 8.17 Å². The predicted molar refractivity (Wildman–Crippen MR) is 288 cm³/mol. The number of benzene rings is 11. The number of hydrogen-bond acceptors (Lipinski definition) is 1. The first-order valence-electron chi connectivity index (χ1n) is 23.3. The smallest absolute Gasteiger partial charge is 0.0546 e. The van der Waals surface area contributed by atoms with E-state index >= 15 is 0 Å². The molecular formula is C66H46N2. The second kappa shape index (κ2) is 17.8. The van der Waals surface area contributed by atoms with Crippen molar-refractivity contribution in [2.75, 3.05) is 4.90 Å². The van der Waals surface area contributed by atoms with E-state index in [4.69, 9.17) is 0 Å². The third kappa shape index (κ3) is 7.54. The number of fused-ring (bicyclic) bond motifs is 3. The highest BCUT2D eigenvalue weighted by atomic mass is 15.1. The SMILES string of the molecule is c1ccc(-c2cccc(-c3ccc(N(c4ccc(-c5ccc6c(c5)c5ccccc5n6-c5ccccc5)cc4)c4cccc(-c5ccccc5)c4-c4ccccc4-c4ccccc4)cc3)c2)cc1. The minimum atomic E-state index is 1.07. The molecule has 12 rings (SSSR count). The highest BCUT2D eigenvalue weighted by molar-refractivity contribution is 6.10. The number of aromatic nitrogens is 1. The van der Waals surface area contributed by atoms with Gasteiger partial charge in [0.05, 0.1) is 16.7 Å². The number of para-hydroxylation sites is 2. The van der Waals surface area contributed by atoms with Gasteiger partial charge >= 0.3 is 0 Å². The van der Waals surface area contributed by atoms with Crippen molar-refractivity contribution in [3.05, 3.63) is 279 Å². The molecule has 68 heavy (non-hydrogen) atoms. The van der Waals surface area contributed by atoms with Gasteiger partial charge in [-0.15, -0.1) is 0 Å². The minimum absolute atomic E-state index is 1.07. The van der Waals surface area contributed by atoms with Crippen molar-refractivity contribution in [2.24, 2.45) is 0 Å². The van der Waals surface area contributed by atoms with Crippen LogP contribution in [0.15, 0.2) is 279 Å². The van der Waals surface area contributed by atoms with Gasteiger partial charge in [0.15, 0.2) is 0 Å². The Morgan fingerprint density at radius 2 is 0.676 bits per heavy atom. The monoisotopic (exact) mass is 866 g/mol. The fourth-order valence-electron chi connectivity index (χ4n) is 9.99. The van der Waals surface area contributed by atoms with E-state index in [1.807, 2.05) is 0 Å². The number of rotatable bonds is 10. The fraction of sp³-hybridized carbons (Fsp3) is 0. The normalized spacial score (nSPS) is 11.2. The average molecular weight is 867 g/mol. The lowest BCUT2D eigenvalue weighted by Gasteiger charge is -2.30. The van der Waals surface area contributed by atoms with Gasteiger partial charge in [-0.2, -0.15) is 0 Å². The summed E-state index contributed by atoms with van der Waals surface area (Å²) in [5.41, 5.74) is 20.9. The van der Waals surface area contributed by atoms with Gasteiger partial charge in [0.1, 0.15) is 0 Å². The second-order valence-corrected chi connectivity index (χ2v) is 17.3. The number of hydrogen-bond donors (Lipinski definition) is 0. The first kappa shape index (κ1) is 40.5. The Morgan fingerprint density at radius 3 is 1.31 bits per heavy atom. The van der Waals surface area contributed by atoms with Gasteiger partial charge in [0.2, 0.25) is 0 Å². The van der Waals surface area contributed by atoms with Crippen molar-refractivity contribution in [1.82, 2.24) is 4.57 Å². The maximum absolute atomic E-state index is 2.44. The summed E-state index contributed by atoms with van der Waals surface area (Å²) in [7, 11) is 0. The van der Waals surface area contributed by atoms with Crippen molar-refractivity contribution in [3.8, 4) is 72.4 Å². The van der Waals surface area contributed by atoms with E-state index in [2.05, 4.69) is 289 Å². The van der Waals surface area contributed by atoms with Gasteiger partial charge in [-0.3, -0.25) is 0 Å². The zero-order chi connectivity index (χ0) is 45.2. The van der Waals surface area contributed by atoms with Crippen LogP contribution in [0, 0.1) is 0 Å². The molecule has 12 aromatic rings. The number of nitrogens with zero attached hydrogens (tertiary/aromatic N) is 2.